The monoisotopic (exact) mass is 216 g/mol. The van der Waals surface area contributed by atoms with E-state index in [1.165, 1.54) is 17.5 Å². The number of nitrogens with one attached hydrogen (secondary N) is 2. The molecule has 0 radical (unpaired) electrons. The normalized spacial score (nSPS) is 34.4. The topological polar surface area (TPSA) is 33.3 Å². The van der Waals surface area contributed by atoms with Crippen LogP contribution in [0.4, 0.5) is 0 Å². The summed E-state index contributed by atoms with van der Waals surface area (Å²) in [5, 5.41) is 3.52. The van der Waals surface area contributed by atoms with Gasteiger partial charge in [0.25, 0.3) is 0 Å². The fraction of sp³-hybridized carbons (Fsp3) is 0.538. The largest absolute Gasteiger partial charge is 0.408 e. The van der Waals surface area contributed by atoms with Crippen LogP contribution in [0.25, 0.3) is 0 Å². The van der Waals surface area contributed by atoms with Crippen molar-refractivity contribution in [2.45, 2.75) is 31.2 Å². The van der Waals surface area contributed by atoms with E-state index < -0.39 is 0 Å². The van der Waals surface area contributed by atoms with Crippen molar-refractivity contribution in [2.75, 3.05) is 13.1 Å². The highest BCUT2D eigenvalue weighted by atomic mass is 16.7. The van der Waals surface area contributed by atoms with E-state index in [9.17, 15) is 0 Å². The van der Waals surface area contributed by atoms with Crippen LogP contribution in [-0.2, 0) is 0 Å². The Morgan fingerprint density at radius 1 is 1.12 bits per heavy atom. The van der Waals surface area contributed by atoms with Crippen LogP contribution in [0.3, 0.4) is 0 Å². The average Bonchev–Trinajstić information content (AvgIpc) is 2.79. The van der Waals surface area contributed by atoms with E-state index in [1.54, 1.807) is 5.56 Å². The van der Waals surface area contributed by atoms with Crippen molar-refractivity contribution in [2.24, 2.45) is 0 Å². The highest BCUT2D eigenvalue weighted by Crippen LogP contribution is 2.47. The van der Waals surface area contributed by atoms with E-state index >= 15 is 0 Å². The lowest BCUT2D eigenvalue weighted by Crippen LogP contribution is -2.28. The molecule has 3 atom stereocenters. The van der Waals surface area contributed by atoms with Crippen molar-refractivity contribution in [3.05, 3.63) is 28.8 Å². The molecule has 1 aliphatic carbocycles. The highest BCUT2D eigenvalue weighted by Gasteiger charge is 2.36. The molecule has 3 heteroatoms. The second-order valence-electron chi connectivity index (χ2n) is 5.25. The fourth-order valence-corrected chi connectivity index (χ4v) is 3.39. The minimum atomic E-state index is 0.328. The number of hydrogen-bond donors (Lipinski definition) is 2. The third-order valence-electron chi connectivity index (χ3n) is 4.26. The molecule has 3 aliphatic rings. The van der Waals surface area contributed by atoms with E-state index in [0.29, 0.717) is 12.0 Å². The molecule has 0 spiro atoms. The molecule has 0 saturated carbocycles. The molecule has 84 valence electrons. The first-order valence-corrected chi connectivity index (χ1v) is 6.14. The maximum absolute atomic E-state index is 5.51. The summed E-state index contributed by atoms with van der Waals surface area (Å²) >= 11 is 0. The first kappa shape index (κ1) is 9.02. The van der Waals surface area contributed by atoms with Gasteiger partial charge in [-0.15, -0.1) is 5.48 Å². The SMILES string of the molecule is CC1NOc2cc3c(cc21)C1CNCC3C1. The Bertz CT molecular complexity index is 457. The van der Waals surface area contributed by atoms with Crippen molar-refractivity contribution >= 4 is 0 Å². The Morgan fingerprint density at radius 2 is 1.88 bits per heavy atom. The van der Waals surface area contributed by atoms with Gasteiger partial charge in [0.2, 0.25) is 0 Å². The van der Waals surface area contributed by atoms with Gasteiger partial charge in [-0.3, -0.25) is 0 Å². The van der Waals surface area contributed by atoms with Crippen LogP contribution >= 0.6 is 0 Å². The second-order valence-corrected chi connectivity index (χ2v) is 5.25. The quantitative estimate of drug-likeness (QED) is 0.694. The van der Waals surface area contributed by atoms with Crippen LogP contribution in [0, 0.1) is 0 Å². The molecule has 2 bridgehead atoms. The number of rotatable bonds is 0. The zero-order chi connectivity index (χ0) is 10.7. The lowest BCUT2D eigenvalue weighted by Gasteiger charge is -2.19. The standard InChI is InChI=1S/C13H16N2O/c1-7-10-3-11-8-2-9(6-14-5-8)12(11)4-13(10)16-15-7/h3-4,7-9,14-15H,2,5-6H2,1H3. The molecular formula is C13H16N2O. The molecule has 1 aromatic rings. The van der Waals surface area contributed by atoms with Gasteiger partial charge < -0.3 is 10.2 Å². The predicted molar refractivity (Wildman–Crippen MR) is 61.6 cm³/mol. The Labute approximate surface area is 95.1 Å². The molecule has 1 fully saturated rings. The third-order valence-corrected chi connectivity index (χ3v) is 4.26. The van der Waals surface area contributed by atoms with E-state index in [2.05, 4.69) is 29.9 Å². The first-order chi connectivity index (χ1) is 7.83. The summed E-state index contributed by atoms with van der Waals surface area (Å²) in [5.41, 5.74) is 7.44. The van der Waals surface area contributed by atoms with Crippen molar-refractivity contribution < 1.29 is 4.84 Å². The summed E-state index contributed by atoms with van der Waals surface area (Å²) in [6.45, 7) is 4.42. The Morgan fingerprint density at radius 3 is 2.69 bits per heavy atom. The average molecular weight is 216 g/mol. The molecule has 1 aromatic carbocycles. The molecule has 3 nitrogen and oxygen atoms in total. The van der Waals surface area contributed by atoms with Crippen molar-refractivity contribution in [1.82, 2.24) is 10.8 Å². The van der Waals surface area contributed by atoms with Gasteiger partial charge in [0.15, 0.2) is 5.75 Å². The lowest BCUT2D eigenvalue weighted by atomic mass is 9.97. The van der Waals surface area contributed by atoms with Gasteiger partial charge in [-0.25, -0.2) is 0 Å². The van der Waals surface area contributed by atoms with Crippen LogP contribution in [-0.4, -0.2) is 13.1 Å². The van der Waals surface area contributed by atoms with Gasteiger partial charge in [-0.05, 0) is 48.4 Å². The van der Waals surface area contributed by atoms with Gasteiger partial charge in [-0.1, -0.05) is 0 Å². The predicted octanol–water partition coefficient (Wildman–Crippen LogP) is 1.82. The maximum atomic E-state index is 5.51. The second kappa shape index (κ2) is 2.99. The summed E-state index contributed by atoms with van der Waals surface area (Å²) in [6, 6.07) is 4.96. The molecule has 0 amide bonds. The summed E-state index contributed by atoms with van der Waals surface area (Å²) in [5.74, 6) is 2.48. The van der Waals surface area contributed by atoms with Crippen LogP contribution < -0.4 is 15.6 Å². The summed E-state index contributed by atoms with van der Waals surface area (Å²) in [4.78, 5) is 5.51. The fourth-order valence-electron chi connectivity index (χ4n) is 3.39. The van der Waals surface area contributed by atoms with Crippen LogP contribution in [0.5, 0.6) is 5.75 Å². The van der Waals surface area contributed by atoms with E-state index in [-0.39, 0.29) is 0 Å². The van der Waals surface area contributed by atoms with Crippen molar-refractivity contribution in [3.63, 3.8) is 0 Å². The summed E-state index contributed by atoms with van der Waals surface area (Å²) in [7, 11) is 0. The maximum Gasteiger partial charge on any atom is 0.152 e. The Kier molecular flexibility index (Phi) is 1.69. The number of hydrogen-bond acceptors (Lipinski definition) is 3. The zero-order valence-corrected chi connectivity index (χ0v) is 9.42. The zero-order valence-electron chi connectivity index (χ0n) is 9.42. The number of hydroxylamine groups is 1. The molecule has 2 aliphatic heterocycles. The van der Waals surface area contributed by atoms with Crippen LogP contribution in [0.1, 0.15) is 47.9 Å². The minimum absolute atomic E-state index is 0.328. The first-order valence-electron chi connectivity index (χ1n) is 6.14. The van der Waals surface area contributed by atoms with Crippen LogP contribution in [0.15, 0.2) is 12.1 Å². The highest BCUT2D eigenvalue weighted by molar-refractivity contribution is 5.51. The molecule has 16 heavy (non-hydrogen) atoms. The van der Waals surface area contributed by atoms with Gasteiger partial charge in [0.1, 0.15) is 0 Å². The molecule has 4 rings (SSSR count). The number of piperidine rings is 1. The molecule has 0 aromatic heterocycles. The van der Waals surface area contributed by atoms with Crippen LogP contribution in [0.2, 0.25) is 0 Å². The molecule has 3 unspecified atom stereocenters. The van der Waals surface area contributed by atoms with Gasteiger partial charge in [-0.2, -0.15) is 0 Å². The molecule has 2 heterocycles. The smallest absolute Gasteiger partial charge is 0.152 e. The summed E-state index contributed by atoms with van der Waals surface area (Å²) < 4.78 is 0. The van der Waals surface area contributed by atoms with Gasteiger partial charge in [0, 0.05) is 18.7 Å². The molecule has 1 saturated heterocycles. The van der Waals surface area contributed by atoms with Gasteiger partial charge in [0.05, 0.1) is 6.04 Å². The van der Waals surface area contributed by atoms with E-state index in [0.717, 1.165) is 24.8 Å². The van der Waals surface area contributed by atoms with E-state index in [4.69, 9.17) is 4.84 Å². The Balaban J connectivity index is 1.89. The third kappa shape index (κ3) is 1.05. The Hall–Kier alpha value is -1.06. The lowest BCUT2D eigenvalue weighted by molar-refractivity contribution is 0.200. The number of benzene rings is 1. The van der Waals surface area contributed by atoms with E-state index in [1.807, 2.05) is 0 Å². The van der Waals surface area contributed by atoms with Crippen molar-refractivity contribution in [3.8, 4) is 5.75 Å². The molecular weight excluding hydrogens is 200 g/mol. The van der Waals surface area contributed by atoms with Crippen molar-refractivity contribution in [1.29, 1.82) is 0 Å². The summed E-state index contributed by atoms with van der Waals surface area (Å²) in [6.07, 6.45) is 1.33. The van der Waals surface area contributed by atoms with Gasteiger partial charge >= 0.3 is 0 Å². The molecule has 2 N–H and O–H groups in total. The number of fused-ring (bicyclic) bond motifs is 6. The minimum Gasteiger partial charge on any atom is -0.408 e.